The van der Waals surface area contributed by atoms with Crippen molar-refractivity contribution in [2.24, 2.45) is 0 Å². The number of halogens is 1. The number of amides is 1. The second kappa shape index (κ2) is 5.93. The van der Waals surface area contributed by atoms with Crippen LogP contribution in [0.1, 0.15) is 27.9 Å². The zero-order chi connectivity index (χ0) is 13.0. The Labute approximate surface area is 114 Å². The van der Waals surface area contributed by atoms with Crippen LogP contribution >= 0.6 is 22.9 Å². The van der Waals surface area contributed by atoms with Gasteiger partial charge < -0.3 is 5.32 Å². The van der Waals surface area contributed by atoms with Crippen molar-refractivity contribution in [3.05, 3.63) is 45.1 Å². The molecule has 2 aromatic rings. The van der Waals surface area contributed by atoms with E-state index < -0.39 is 0 Å². The van der Waals surface area contributed by atoms with Crippen LogP contribution in [0, 0.1) is 0 Å². The van der Waals surface area contributed by atoms with Crippen molar-refractivity contribution in [3.63, 3.8) is 0 Å². The van der Waals surface area contributed by atoms with Crippen LogP contribution in [0.3, 0.4) is 0 Å². The molecule has 6 heteroatoms. The van der Waals surface area contributed by atoms with Gasteiger partial charge in [0.15, 0.2) is 0 Å². The first-order valence-electron chi connectivity index (χ1n) is 5.51. The van der Waals surface area contributed by atoms with Gasteiger partial charge in [-0.25, -0.2) is 4.98 Å². The largest absolute Gasteiger partial charge is 0.346 e. The molecule has 18 heavy (non-hydrogen) atoms. The van der Waals surface area contributed by atoms with Gasteiger partial charge in [-0.3, -0.25) is 9.78 Å². The van der Waals surface area contributed by atoms with Crippen LogP contribution in [-0.2, 0) is 13.0 Å². The van der Waals surface area contributed by atoms with E-state index in [9.17, 15) is 4.79 Å². The van der Waals surface area contributed by atoms with Crippen LogP contribution in [0.2, 0.25) is 5.15 Å². The second-order valence-electron chi connectivity index (χ2n) is 3.63. The fraction of sp³-hybridized carbons (Fsp3) is 0.250. The van der Waals surface area contributed by atoms with Crippen molar-refractivity contribution >= 4 is 28.8 Å². The molecule has 0 bridgehead atoms. The maximum Gasteiger partial charge on any atom is 0.271 e. The summed E-state index contributed by atoms with van der Waals surface area (Å²) in [5.74, 6) is -0.263. The zero-order valence-electron chi connectivity index (χ0n) is 9.81. The summed E-state index contributed by atoms with van der Waals surface area (Å²) in [5, 5.41) is 5.06. The molecule has 0 spiro atoms. The molecule has 0 aromatic carbocycles. The molecule has 94 valence electrons. The molecule has 2 heterocycles. The Balaban J connectivity index is 2.00. The van der Waals surface area contributed by atoms with Gasteiger partial charge in [-0.15, -0.1) is 11.3 Å². The number of hydrogen-bond acceptors (Lipinski definition) is 4. The molecule has 0 radical (unpaired) electrons. The number of thiophene rings is 1. The number of nitrogens with one attached hydrogen (secondary N) is 1. The quantitative estimate of drug-likeness (QED) is 0.937. The third kappa shape index (κ3) is 3.05. The van der Waals surface area contributed by atoms with E-state index in [4.69, 9.17) is 11.6 Å². The highest BCUT2D eigenvalue weighted by atomic mass is 35.5. The highest BCUT2D eigenvalue weighted by Gasteiger charge is 2.09. The van der Waals surface area contributed by atoms with Crippen LogP contribution in [0.15, 0.2) is 23.8 Å². The van der Waals surface area contributed by atoms with Gasteiger partial charge >= 0.3 is 0 Å². The lowest BCUT2D eigenvalue weighted by molar-refractivity contribution is 0.0946. The Morgan fingerprint density at radius 3 is 3.06 bits per heavy atom. The Morgan fingerprint density at radius 1 is 1.50 bits per heavy atom. The summed E-state index contributed by atoms with van der Waals surface area (Å²) in [6.07, 6.45) is 3.76. The van der Waals surface area contributed by atoms with Gasteiger partial charge in [-0.1, -0.05) is 18.5 Å². The molecule has 0 atom stereocenters. The molecule has 1 amide bonds. The first kappa shape index (κ1) is 13.0. The smallest absolute Gasteiger partial charge is 0.271 e. The summed E-state index contributed by atoms with van der Waals surface area (Å²) in [6.45, 7) is 2.60. The number of aromatic nitrogens is 2. The van der Waals surface area contributed by atoms with E-state index in [-0.39, 0.29) is 16.8 Å². The van der Waals surface area contributed by atoms with Crippen molar-refractivity contribution in [1.82, 2.24) is 15.3 Å². The number of carbonyl (C=O) groups excluding carboxylic acids is 1. The topological polar surface area (TPSA) is 54.9 Å². The fourth-order valence-corrected chi connectivity index (χ4v) is 2.60. The van der Waals surface area contributed by atoms with Crippen molar-refractivity contribution in [2.45, 2.75) is 19.9 Å². The molecule has 2 rings (SSSR count). The van der Waals surface area contributed by atoms with E-state index in [1.54, 1.807) is 11.3 Å². The summed E-state index contributed by atoms with van der Waals surface area (Å²) in [6, 6.07) is 2.07. The van der Waals surface area contributed by atoms with E-state index in [2.05, 4.69) is 28.3 Å². The highest BCUT2D eigenvalue weighted by Crippen LogP contribution is 2.17. The summed E-state index contributed by atoms with van der Waals surface area (Å²) < 4.78 is 0. The van der Waals surface area contributed by atoms with Gasteiger partial charge in [0.25, 0.3) is 5.91 Å². The first-order valence-corrected chi connectivity index (χ1v) is 6.77. The van der Waals surface area contributed by atoms with Crippen LogP contribution in [0.5, 0.6) is 0 Å². The van der Waals surface area contributed by atoms with Gasteiger partial charge in [0.2, 0.25) is 0 Å². The lowest BCUT2D eigenvalue weighted by Gasteiger charge is -2.04. The van der Waals surface area contributed by atoms with Crippen LogP contribution in [0.25, 0.3) is 0 Å². The van der Waals surface area contributed by atoms with Gasteiger partial charge in [-0.2, -0.15) is 0 Å². The zero-order valence-corrected chi connectivity index (χ0v) is 11.4. The van der Waals surface area contributed by atoms with Crippen molar-refractivity contribution in [3.8, 4) is 0 Å². The molecular weight excluding hydrogens is 270 g/mol. The van der Waals surface area contributed by atoms with Gasteiger partial charge in [0.05, 0.1) is 18.9 Å². The molecule has 0 aliphatic rings. The summed E-state index contributed by atoms with van der Waals surface area (Å²) in [5.41, 5.74) is 1.49. The number of carbonyl (C=O) groups is 1. The molecule has 0 aliphatic carbocycles. The second-order valence-corrected chi connectivity index (χ2v) is 5.02. The number of rotatable bonds is 4. The van der Waals surface area contributed by atoms with E-state index in [0.29, 0.717) is 6.54 Å². The molecule has 1 N–H and O–H groups in total. The molecule has 0 saturated heterocycles. The fourth-order valence-electron chi connectivity index (χ4n) is 1.54. The van der Waals surface area contributed by atoms with E-state index in [1.165, 1.54) is 22.8 Å². The number of hydrogen-bond donors (Lipinski definition) is 1. The van der Waals surface area contributed by atoms with E-state index in [1.807, 2.05) is 5.38 Å². The van der Waals surface area contributed by atoms with Crippen molar-refractivity contribution in [2.75, 3.05) is 0 Å². The molecule has 0 unspecified atom stereocenters. The minimum atomic E-state index is -0.263. The summed E-state index contributed by atoms with van der Waals surface area (Å²) >= 11 is 7.32. The lowest BCUT2D eigenvalue weighted by Crippen LogP contribution is -2.24. The van der Waals surface area contributed by atoms with Gasteiger partial charge in [0, 0.05) is 4.88 Å². The average molecular weight is 282 g/mol. The van der Waals surface area contributed by atoms with Gasteiger partial charge in [-0.05, 0) is 23.4 Å². The SMILES string of the molecule is CCc1ccsc1CNC(=O)c1cncc(Cl)n1. The van der Waals surface area contributed by atoms with Crippen molar-refractivity contribution < 1.29 is 4.79 Å². The van der Waals surface area contributed by atoms with E-state index in [0.717, 1.165) is 6.42 Å². The third-order valence-electron chi connectivity index (χ3n) is 2.47. The molecule has 0 saturated carbocycles. The predicted octanol–water partition coefficient (Wildman–Crippen LogP) is 2.68. The molecule has 0 fully saturated rings. The molecule has 4 nitrogen and oxygen atoms in total. The van der Waals surface area contributed by atoms with Crippen LogP contribution < -0.4 is 5.32 Å². The summed E-state index contributed by atoms with van der Waals surface area (Å²) in [7, 11) is 0. The Bertz CT molecular complexity index is 556. The summed E-state index contributed by atoms with van der Waals surface area (Å²) in [4.78, 5) is 20.7. The molecule has 0 aliphatic heterocycles. The number of nitrogens with zero attached hydrogens (tertiary/aromatic N) is 2. The highest BCUT2D eigenvalue weighted by molar-refractivity contribution is 7.10. The Morgan fingerprint density at radius 2 is 2.33 bits per heavy atom. The van der Waals surface area contributed by atoms with Crippen LogP contribution in [-0.4, -0.2) is 15.9 Å². The monoisotopic (exact) mass is 281 g/mol. The average Bonchev–Trinajstić information content (AvgIpc) is 2.83. The maximum absolute atomic E-state index is 11.8. The Kier molecular flexibility index (Phi) is 4.28. The molecular formula is C12H12ClN3OS. The predicted molar refractivity (Wildman–Crippen MR) is 71.9 cm³/mol. The first-order chi connectivity index (χ1) is 8.70. The Hall–Kier alpha value is -1.46. The molecule has 2 aromatic heterocycles. The van der Waals surface area contributed by atoms with Crippen molar-refractivity contribution in [1.29, 1.82) is 0 Å². The maximum atomic E-state index is 11.8. The number of aryl methyl sites for hydroxylation is 1. The van der Waals surface area contributed by atoms with Gasteiger partial charge in [0.1, 0.15) is 10.8 Å². The van der Waals surface area contributed by atoms with Crippen LogP contribution in [0.4, 0.5) is 0 Å². The minimum Gasteiger partial charge on any atom is -0.346 e. The normalized spacial score (nSPS) is 10.3. The minimum absolute atomic E-state index is 0.216. The third-order valence-corrected chi connectivity index (χ3v) is 3.61. The van der Waals surface area contributed by atoms with E-state index >= 15 is 0 Å². The standard InChI is InChI=1S/C12H12ClN3OS/c1-2-8-3-4-18-10(8)6-15-12(17)9-5-14-7-11(13)16-9/h3-5,7H,2,6H2,1H3,(H,15,17). The lowest BCUT2D eigenvalue weighted by atomic mass is 10.2.